The second-order valence-electron chi connectivity index (χ2n) is 27.2. The van der Waals surface area contributed by atoms with Crippen LogP contribution in [0.4, 0.5) is 0 Å². The monoisotopic (exact) mass is 1290 g/mol. The second kappa shape index (κ2) is 23.1. The molecule has 2 aromatic heterocycles. The van der Waals surface area contributed by atoms with E-state index in [0.717, 1.165) is 22.3 Å². The maximum absolute atomic E-state index is 6.29. The highest BCUT2D eigenvalue weighted by molar-refractivity contribution is 6.28. The quantitative estimate of drug-likeness (QED) is 0.112. The van der Waals surface area contributed by atoms with E-state index < -0.39 is 0 Å². The number of hydrogen-bond donors (Lipinski definition) is 0. The first-order chi connectivity index (χ1) is 50.6. The predicted octanol–water partition coefficient (Wildman–Crippen LogP) is 28.6. The first kappa shape index (κ1) is 57.6. The maximum Gasteiger partial charge on any atom is 0.136 e. The molecule has 472 valence electrons. The Hall–Kier alpha value is -13.4. The van der Waals surface area contributed by atoms with Crippen molar-refractivity contribution in [2.24, 2.45) is 0 Å². The van der Waals surface area contributed by atoms with Crippen LogP contribution in [0.2, 0.25) is 0 Å². The van der Waals surface area contributed by atoms with Crippen molar-refractivity contribution in [2.75, 3.05) is 0 Å². The lowest BCUT2D eigenvalue weighted by atomic mass is 9.85. The maximum atomic E-state index is 6.29. The minimum absolute atomic E-state index is 0.939. The highest BCUT2D eigenvalue weighted by Gasteiger charge is 2.23. The molecule has 0 fully saturated rings. The van der Waals surface area contributed by atoms with Crippen molar-refractivity contribution < 1.29 is 8.83 Å². The van der Waals surface area contributed by atoms with E-state index in [1.165, 1.54) is 197 Å². The van der Waals surface area contributed by atoms with Crippen molar-refractivity contribution in [1.29, 1.82) is 0 Å². The molecule has 2 heteroatoms. The number of rotatable bonds is 8. The second-order valence-corrected chi connectivity index (χ2v) is 27.2. The van der Waals surface area contributed by atoms with Crippen LogP contribution < -0.4 is 0 Å². The fraction of sp³-hybridized carbons (Fsp3) is 0. The Bertz CT molecular complexity index is 6970. The van der Waals surface area contributed by atoms with Crippen molar-refractivity contribution in [3.05, 3.63) is 364 Å². The smallest absolute Gasteiger partial charge is 0.136 e. The van der Waals surface area contributed by atoms with E-state index in [-0.39, 0.29) is 0 Å². The lowest BCUT2D eigenvalue weighted by molar-refractivity contribution is 0.669. The van der Waals surface area contributed by atoms with Crippen molar-refractivity contribution in [2.45, 2.75) is 0 Å². The third-order valence-corrected chi connectivity index (χ3v) is 21.7. The first-order valence-electron chi connectivity index (χ1n) is 35.2. The summed E-state index contributed by atoms with van der Waals surface area (Å²) in [6.45, 7) is 0. The molecule has 0 aliphatic carbocycles. The molecule has 0 radical (unpaired) electrons. The van der Waals surface area contributed by atoms with Crippen LogP contribution in [0, 0.1) is 0 Å². The van der Waals surface area contributed by atoms with Crippen LogP contribution in [0.25, 0.3) is 219 Å². The molecule has 0 unspecified atom stereocenters. The number of hydrogen-bond acceptors (Lipinski definition) is 2. The summed E-state index contributed by atoms with van der Waals surface area (Å²) in [7, 11) is 0. The Kier molecular flexibility index (Phi) is 13.1. The summed E-state index contributed by atoms with van der Waals surface area (Å²) in [6.07, 6.45) is 0. The van der Waals surface area contributed by atoms with Crippen molar-refractivity contribution in [3.63, 3.8) is 0 Å². The van der Waals surface area contributed by atoms with Gasteiger partial charge in [-0.25, -0.2) is 0 Å². The lowest BCUT2D eigenvalue weighted by Gasteiger charge is -2.18. The number of benzene rings is 20. The zero-order valence-electron chi connectivity index (χ0n) is 55.5. The van der Waals surface area contributed by atoms with Crippen molar-refractivity contribution in [3.8, 4) is 89.0 Å². The van der Waals surface area contributed by atoms with Gasteiger partial charge in [0.25, 0.3) is 0 Å². The molecule has 0 aliphatic rings. The number of fused-ring (bicyclic) bond motifs is 6. The van der Waals surface area contributed by atoms with Crippen LogP contribution in [0.1, 0.15) is 0 Å². The molecule has 20 aromatic carbocycles. The summed E-state index contributed by atoms with van der Waals surface area (Å²) in [5, 5.41) is 24.8. The zero-order chi connectivity index (χ0) is 66.9. The summed E-state index contributed by atoms with van der Waals surface area (Å²) in [4.78, 5) is 0. The lowest BCUT2D eigenvalue weighted by Crippen LogP contribution is -1.91. The summed E-state index contributed by atoms with van der Waals surface area (Å²) in [5.74, 6) is 0. The molecule has 2 heterocycles. The molecule has 0 aliphatic heterocycles. The highest BCUT2D eigenvalue weighted by atomic mass is 16.3. The molecule has 2 nitrogen and oxygen atoms in total. The van der Waals surface area contributed by atoms with Crippen molar-refractivity contribution in [1.82, 2.24) is 0 Å². The zero-order valence-corrected chi connectivity index (χ0v) is 55.5. The molecule has 0 N–H and O–H groups in total. The normalized spacial score (nSPS) is 11.9. The van der Waals surface area contributed by atoms with Gasteiger partial charge in [-0.1, -0.05) is 322 Å². The molecular weight excluding hydrogens is 1230 g/mol. The van der Waals surface area contributed by atoms with E-state index in [9.17, 15) is 0 Å². The van der Waals surface area contributed by atoms with E-state index in [2.05, 4.69) is 364 Å². The molecule has 22 aromatic rings. The Labute approximate surface area is 588 Å². The van der Waals surface area contributed by atoms with Gasteiger partial charge in [-0.05, 0) is 218 Å². The molecular formula is C100H60O2. The van der Waals surface area contributed by atoms with Crippen LogP contribution in [0.15, 0.2) is 373 Å². The van der Waals surface area contributed by atoms with Crippen LogP contribution in [-0.2, 0) is 0 Å². The number of furan rings is 2. The third-order valence-electron chi connectivity index (χ3n) is 21.7. The molecule has 102 heavy (non-hydrogen) atoms. The minimum Gasteiger partial charge on any atom is -0.456 e. The average Bonchev–Trinajstić information content (AvgIpc) is 1.31. The van der Waals surface area contributed by atoms with E-state index in [4.69, 9.17) is 8.83 Å². The Morgan fingerprint density at radius 3 is 1.07 bits per heavy atom. The van der Waals surface area contributed by atoms with Gasteiger partial charge in [0, 0.05) is 21.5 Å². The van der Waals surface area contributed by atoms with E-state index >= 15 is 0 Å². The molecule has 0 saturated carbocycles. The van der Waals surface area contributed by atoms with Crippen molar-refractivity contribution >= 4 is 130 Å². The van der Waals surface area contributed by atoms with Gasteiger partial charge < -0.3 is 8.83 Å². The van der Waals surface area contributed by atoms with Crippen LogP contribution in [0.5, 0.6) is 0 Å². The summed E-state index contributed by atoms with van der Waals surface area (Å²) >= 11 is 0. The van der Waals surface area contributed by atoms with Gasteiger partial charge in [0.1, 0.15) is 22.3 Å². The van der Waals surface area contributed by atoms with E-state index in [1.807, 2.05) is 0 Å². The van der Waals surface area contributed by atoms with Gasteiger partial charge in [0.15, 0.2) is 0 Å². The summed E-state index contributed by atoms with van der Waals surface area (Å²) < 4.78 is 12.5. The topological polar surface area (TPSA) is 26.3 Å². The Balaban J connectivity index is 0.000000133. The predicted molar refractivity (Wildman–Crippen MR) is 433 cm³/mol. The van der Waals surface area contributed by atoms with E-state index in [0.29, 0.717) is 0 Å². The van der Waals surface area contributed by atoms with E-state index in [1.54, 1.807) is 0 Å². The third kappa shape index (κ3) is 9.13. The molecule has 0 spiro atoms. The highest BCUT2D eigenvalue weighted by Crippen LogP contribution is 2.50. The molecule has 0 amide bonds. The molecule has 22 rings (SSSR count). The van der Waals surface area contributed by atoms with Gasteiger partial charge in [-0.15, -0.1) is 0 Å². The van der Waals surface area contributed by atoms with Gasteiger partial charge in [0.2, 0.25) is 0 Å². The standard InChI is InChI=1S/2C50H30O/c1-2-13-37-31(10-1)11-7-18-38(37)32-22-26-34(27-23-32)47-39-14-3-5-16-41(39)48(42-17-6-4-15-40(42)47)35-28-24-33(25-29-35)44-30-36-12-8-20-45-49(36)50-43(44)19-9-21-46(50)51-45;1-2-10-35-29-36(24-21-31(35)9-1)32-19-22-34(23-20-32)47-40-14-3-5-16-42(40)48(43-17-6-4-15-41(43)47)38-13-7-12-37(30-38)39-27-28-46-50-44(39)26-25-33-11-8-18-45(51-46)49(33)50/h2*1-30H. The minimum atomic E-state index is 0.939. The van der Waals surface area contributed by atoms with Crippen LogP contribution in [-0.4, -0.2) is 0 Å². The SMILES string of the molecule is c1cc(-c2c3ccccc3c(-c3ccc(-c4ccc5ccccc5c4)cc3)c3ccccc23)cc(-c2ccc3oc4cccc5ccc2c3c54)c1.c1ccc2c(-c3ccc(-c4c5ccccc5c(-c5ccc(-c6cc7cccc8oc9cccc6c9c78)cc5)c5ccccc45)cc3)cccc2c1. The summed E-state index contributed by atoms with van der Waals surface area (Å²) in [6, 6.07) is 133. The largest absolute Gasteiger partial charge is 0.456 e. The molecule has 0 atom stereocenters. The Morgan fingerprint density at radius 2 is 0.490 bits per heavy atom. The van der Waals surface area contributed by atoms with Crippen LogP contribution in [0.3, 0.4) is 0 Å². The van der Waals surface area contributed by atoms with Gasteiger partial charge in [-0.3, -0.25) is 0 Å². The van der Waals surface area contributed by atoms with Gasteiger partial charge in [-0.2, -0.15) is 0 Å². The summed E-state index contributed by atoms with van der Waals surface area (Å²) in [5.41, 5.74) is 23.5. The van der Waals surface area contributed by atoms with Gasteiger partial charge in [0.05, 0.1) is 0 Å². The van der Waals surface area contributed by atoms with Gasteiger partial charge >= 0.3 is 0 Å². The average molecular weight is 1290 g/mol. The van der Waals surface area contributed by atoms with Crippen LogP contribution >= 0.6 is 0 Å². The first-order valence-corrected chi connectivity index (χ1v) is 35.2. The Morgan fingerprint density at radius 1 is 0.137 bits per heavy atom. The fourth-order valence-corrected chi connectivity index (χ4v) is 17.1. The molecule has 0 saturated heterocycles. The molecule has 0 bridgehead atoms. The fourth-order valence-electron chi connectivity index (χ4n) is 17.1.